The number of carboxylic acids is 1. The molecule has 0 bridgehead atoms. The molecule has 2 aromatic heterocycles. The first-order chi connectivity index (χ1) is 8.74. The summed E-state index contributed by atoms with van der Waals surface area (Å²) in [6.07, 6.45) is 2.69. The molecule has 2 aromatic rings. The van der Waals surface area contributed by atoms with Gasteiger partial charge in [-0.05, 0) is 35.6 Å². The van der Waals surface area contributed by atoms with Crippen LogP contribution in [-0.2, 0) is 13.0 Å². The lowest BCUT2D eigenvalue weighted by molar-refractivity contribution is 0.0690. The molecule has 0 aromatic carbocycles. The van der Waals surface area contributed by atoms with E-state index in [1.807, 2.05) is 17.4 Å². The maximum absolute atomic E-state index is 10.7. The first-order valence-electron chi connectivity index (χ1n) is 5.73. The van der Waals surface area contributed by atoms with E-state index in [1.165, 1.54) is 10.4 Å². The Morgan fingerprint density at radius 1 is 1.39 bits per heavy atom. The number of pyridine rings is 1. The topological polar surface area (TPSA) is 53.4 Å². The molecule has 0 amide bonds. The minimum Gasteiger partial charge on any atom is -0.477 e. The number of aromatic carboxylic acids is 1. The van der Waals surface area contributed by atoms with Gasteiger partial charge in [-0.15, -0.1) is 11.3 Å². The Morgan fingerprint density at radius 2 is 2.28 bits per heavy atom. The van der Waals surface area contributed by atoms with E-state index in [-0.39, 0.29) is 5.69 Å². The SMILES string of the molecule is O=C(O)c1ccc(N2CCc3sccc3C2)cn1. The molecule has 0 atom stereocenters. The van der Waals surface area contributed by atoms with Gasteiger partial charge in [-0.2, -0.15) is 0 Å². The molecule has 0 unspecified atom stereocenters. The molecular weight excluding hydrogens is 248 g/mol. The molecule has 0 aliphatic carbocycles. The highest BCUT2D eigenvalue weighted by atomic mass is 32.1. The van der Waals surface area contributed by atoms with E-state index in [0.717, 1.165) is 25.2 Å². The lowest BCUT2D eigenvalue weighted by atomic mass is 10.1. The molecular formula is C13H12N2O2S. The molecule has 0 radical (unpaired) electrons. The lowest BCUT2D eigenvalue weighted by Gasteiger charge is -2.28. The number of anilines is 1. The van der Waals surface area contributed by atoms with Crippen LogP contribution in [0.2, 0.25) is 0 Å². The van der Waals surface area contributed by atoms with Crippen LogP contribution in [0.3, 0.4) is 0 Å². The van der Waals surface area contributed by atoms with E-state index in [4.69, 9.17) is 5.11 Å². The van der Waals surface area contributed by atoms with Crippen LogP contribution in [0.4, 0.5) is 5.69 Å². The minimum absolute atomic E-state index is 0.0898. The fourth-order valence-electron chi connectivity index (χ4n) is 2.17. The third-order valence-corrected chi connectivity index (χ3v) is 4.16. The second-order valence-corrected chi connectivity index (χ2v) is 5.25. The zero-order chi connectivity index (χ0) is 12.5. The van der Waals surface area contributed by atoms with Crippen LogP contribution in [0.15, 0.2) is 29.8 Å². The number of thiophene rings is 1. The van der Waals surface area contributed by atoms with Crippen molar-refractivity contribution in [2.24, 2.45) is 0 Å². The van der Waals surface area contributed by atoms with Gasteiger partial charge in [-0.3, -0.25) is 0 Å². The van der Waals surface area contributed by atoms with Crippen molar-refractivity contribution in [3.63, 3.8) is 0 Å². The Kier molecular flexibility index (Phi) is 2.76. The van der Waals surface area contributed by atoms with Gasteiger partial charge in [0, 0.05) is 18.0 Å². The van der Waals surface area contributed by atoms with Crippen molar-refractivity contribution in [1.29, 1.82) is 0 Å². The van der Waals surface area contributed by atoms with E-state index >= 15 is 0 Å². The molecule has 0 saturated carbocycles. The van der Waals surface area contributed by atoms with Gasteiger partial charge < -0.3 is 10.0 Å². The third kappa shape index (κ3) is 1.97. The van der Waals surface area contributed by atoms with E-state index < -0.39 is 5.97 Å². The van der Waals surface area contributed by atoms with Gasteiger partial charge in [0.15, 0.2) is 0 Å². The third-order valence-electron chi connectivity index (χ3n) is 3.14. The monoisotopic (exact) mass is 260 g/mol. The second kappa shape index (κ2) is 4.42. The number of aromatic nitrogens is 1. The Bertz CT molecular complexity index is 577. The van der Waals surface area contributed by atoms with Crippen molar-refractivity contribution in [1.82, 2.24) is 4.98 Å². The predicted molar refractivity (Wildman–Crippen MR) is 70.3 cm³/mol. The van der Waals surface area contributed by atoms with Gasteiger partial charge in [0.2, 0.25) is 0 Å². The van der Waals surface area contributed by atoms with Crippen LogP contribution in [0.5, 0.6) is 0 Å². The molecule has 18 heavy (non-hydrogen) atoms. The highest BCUT2D eigenvalue weighted by Crippen LogP contribution is 2.27. The van der Waals surface area contributed by atoms with Gasteiger partial charge in [-0.1, -0.05) is 0 Å². The second-order valence-electron chi connectivity index (χ2n) is 4.25. The first-order valence-corrected chi connectivity index (χ1v) is 6.61. The Morgan fingerprint density at radius 3 is 3.00 bits per heavy atom. The molecule has 92 valence electrons. The average molecular weight is 260 g/mol. The van der Waals surface area contributed by atoms with E-state index in [2.05, 4.69) is 21.3 Å². The number of carboxylic acid groups (broad SMARTS) is 1. The number of nitrogens with zero attached hydrogens (tertiary/aromatic N) is 2. The maximum Gasteiger partial charge on any atom is 0.354 e. The van der Waals surface area contributed by atoms with Crippen LogP contribution in [0, 0.1) is 0 Å². The van der Waals surface area contributed by atoms with Crippen LogP contribution in [0.1, 0.15) is 20.9 Å². The maximum atomic E-state index is 10.7. The Labute approximate surface area is 109 Å². The molecule has 4 nitrogen and oxygen atoms in total. The highest BCUT2D eigenvalue weighted by molar-refractivity contribution is 7.10. The van der Waals surface area contributed by atoms with E-state index in [0.29, 0.717) is 0 Å². The van der Waals surface area contributed by atoms with Gasteiger partial charge in [0.05, 0.1) is 11.9 Å². The standard InChI is InChI=1S/C13H12N2O2S/c16-13(17)11-2-1-10(7-14-11)15-5-3-12-9(8-15)4-6-18-12/h1-2,4,6-7H,3,5,8H2,(H,16,17). The minimum atomic E-state index is -0.986. The van der Waals surface area contributed by atoms with Gasteiger partial charge in [0.1, 0.15) is 5.69 Å². The van der Waals surface area contributed by atoms with Crippen molar-refractivity contribution in [3.8, 4) is 0 Å². The van der Waals surface area contributed by atoms with Crippen molar-refractivity contribution in [2.45, 2.75) is 13.0 Å². The van der Waals surface area contributed by atoms with E-state index in [1.54, 1.807) is 12.3 Å². The number of rotatable bonds is 2. The predicted octanol–water partition coefficient (Wildman–Crippen LogP) is 2.40. The summed E-state index contributed by atoms with van der Waals surface area (Å²) in [5, 5.41) is 10.9. The summed E-state index contributed by atoms with van der Waals surface area (Å²) in [7, 11) is 0. The Hall–Kier alpha value is -1.88. The number of hydrogen-bond acceptors (Lipinski definition) is 4. The summed E-state index contributed by atoms with van der Waals surface area (Å²) in [5.74, 6) is -0.986. The quantitative estimate of drug-likeness (QED) is 0.901. The number of fused-ring (bicyclic) bond motifs is 1. The molecule has 0 fully saturated rings. The lowest BCUT2D eigenvalue weighted by Crippen LogP contribution is -2.29. The molecule has 1 N–H and O–H groups in total. The van der Waals surface area contributed by atoms with Crippen molar-refractivity contribution in [2.75, 3.05) is 11.4 Å². The summed E-state index contributed by atoms with van der Waals surface area (Å²) >= 11 is 1.81. The summed E-state index contributed by atoms with van der Waals surface area (Å²) in [6, 6.07) is 5.54. The zero-order valence-corrected chi connectivity index (χ0v) is 10.5. The van der Waals surface area contributed by atoms with Crippen LogP contribution in [0.25, 0.3) is 0 Å². The fraction of sp³-hybridized carbons (Fsp3) is 0.231. The molecule has 3 rings (SSSR count). The number of carbonyl (C=O) groups is 1. The molecule has 3 heterocycles. The first kappa shape index (κ1) is 11.2. The fourth-order valence-corrected chi connectivity index (χ4v) is 3.06. The van der Waals surface area contributed by atoms with Crippen LogP contribution < -0.4 is 4.90 Å². The largest absolute Gasteiger partial charge is 0.477 e. The zero-order valence-electron chi connectivity index (χ0n) is 9.67. The van der Waals surface area contributed by atoms with Crippen molar-refractivity contribution >= 4 is 23.0 Å². The van der Waals surface area contributed by atoms with Crippen LogP contribution >= 0.6 is 11.3 Å². The molecule has 0 saturated heterocycles. The van der Waals surface area contributed by atoms with Crippen LogP contribution in [-0.4, -0.2) is 22.6 Å². The molecule has 1 aliphatic rings. The molecule has 1 aliphatic heterocycles. The smallest absolute Gasteiger partial charge is 0.354 e. The van der Waals surface area contributed by atoms with Crippen molar-refractivity contribution in [3.05, 3.63) is 45.9 Å². The van der Waals surface area contributed by atoms with E-state index in [9.17, 15) is 4.79 Å². The summed E-state index contributed by atoms with van der Waals surface area (Å²) in [4.78, 5) is 18.4. The average Bonchev–Trinajstić information content (AvgIpc) is 2.86. The van der Waals surface area contributed by atoms with Gasteiger partial charge in [0.25, 0.3) is 0 Å². The molecule has 0 spiro atoms. The molecule has 5 heteroatoms. The van der Waals surface area contributed by atoms with Crippen molar-refractivity contribution < 1.29 is 9.90 Å². The highest BCUT2D eigenvalue weighted by Gasteiger charge is 2.17. The summed E-state index contributed by atoms with van der Waals surface area (Å²) in [5.41, 5.74) is 2.44. The summed E-state index contributed by atoms with van der Waals surface area (Å²) < 4.78 is 0. The number of hydrogen-bond donors (Lipinski definition) is 1. The van der Waals surface area contributed by atoms with Gasteiger partial charge in [-0.25, -0.2) is 9.78 Å². The normalized spacial score (nSPS) is 14.3. The Balaban J connectivity index is 1.82. The summed E-state index contributed by atoms with van der Waals surface area (Å²) in [6.45, 7) is 1.84. The van der Waals surface area contributed by atoms with Gasteiger partial charge >= 0.3 is 5.97 Å².